The van der Waals surface area contributed by atoms with Crippen molar-refractivity contribution < 1.29 is 129 Å². The van der Waals surface area contributed by atoms with E-state index in [2.05, 4.69) is 11.5 Å². The molecule has 5 aromatic carbocycles. The monoisotopic (exact) mass is 1490 g/mol. The van der Waals surface area contributed by atoms with E-state index < -0.39 is 195 Å². The second-order valence-electron chi connectivity index (χ2n) is 24.3. The topological polar surface area (TPSA) is 3.24 Å². The normalized spacial score (nSPS) is 17.8. The molecule has 0 aliphatic heterocycles. The third-order valence-electron chi connectivity index (χ3n) is 18.0. The molecule has 1 radical (unpaired) electrons. The molecule has 519 valence electrons. The maximum absolute atomic E-state index is 14.2. The number of rotatable bonds is 10. The molecule has 9 rings (SSSR count). The Kier molecular flexibility index (Phi) is 25.7. The first-order valence-electron chi connectivity index (χ1n) is 30.0. The molecule has 0 amide bonds. The molecule has 4 fully saturated rings. The molecule has 0 unspecified atom stereocenters. The van der Waals surface area contributed by atoms with Crippen molar-refractivity contribution in [3.63, 3.8) is 0 Å². The molecule has 93 heavy (non-hydrogen) atoms. The molecule has 0 atom stereocenters. The van der Waals surface area contributed by atoms with Crippen molar-refractivity contribution in [3.05, 3.63) is 153 Å². The fourth-order valence-electron chi connectivity index (χ4n) is 14.0. The summed E-state index contributed by atoms with van der Waals surface area (Å²) in [6.07, 6.45) is -23.5. The fourth-order valence-corrected chi connectivity index (χ4v) is 24.9. The third kappa shape index (κ3) is 20.0. The van der Waals surface area contributed by atoms with E-state index in [9.17, 15) is 110 Å². The third-order valence-corrected chi connectivity index (χ3v) is 26.8. The van der Waals surface area contributed by atoms with Gasteiger partial charge in [0.25, 0.3) is 0 Å². The Hall–Kier alpha value is -4.14. The average molecular weight is 1490 g/mol. The number of alkyl halides is 24. The second-order valence-corrected chi connectivity index (χ2v) is 31.0. The zero-order valence-corrected chi connectivity index (χ0v) is 53.2. The summed E-state index contributed by atoms with van der Waals surface area (Å²) in [5, 5.41) is 0. The summed E-state index contributed by atoms with van der Waals surface area (Å²) in [6.45, 7) is 0. The molecule has 0 saturated heterocycles. The van der Waals surface area contributed by atoms with Crippen LogP contribution in [0.15, 0.2) is 103 Å². The van der Waals surface area contributed by atoms with E-state index >= 15 is 0 Å². The predicted molar refractivity (Wildman–Crippen MR) is 308 cm³/mol. The van der Waals surface area contributed by atoms with Crippen molar-refractivity contribution in [3.8, 4) is 0 Å². The van der Waals surface area contributed by atoms with E-state index in [1.165, 1.54) is 37.8 Å². The largest absolute Gasteiger partial charge is 0.416 e. The molecule has 1 nitrogen and oxygen atoms in total. The van der Waals surface area contributed by atoms with Crippen LogP contribution >= 0.6 is 16.1 Å². The molecule has 0 bridgehead atoms. The van der Waals surface area contributed by atoms with Crippen LogP contribution in [0.5, 0.6) is 0 Å². The predicted octanol–water partition coefficient (Wildman–Crippen LogP) is 21.5. The van der Waals surface area contributed by atoms with Gasteiger partial charge in [-0.05, 0) is 139 Å². The molecular weight excluding hydrogens is 1420 g/mol. The summed E-state index contributed by atoms with van der Waals surface area (Å²) in [5.74, 6) is -0.178. The number of nitrogens with zero attached hydrogens (tertiary/aromatic N) is 1. The summed E-state index contributed by atoms with van der Waals surface area (Å²) in [6, 6.07) is -0.872. The first kappa shape index (κ1) is 77.9. The zero-order valence-electron chi connectivity index (χ0n) is 49.6. The minimum absolute atomic E-state index is 0. The van der Waals surface area contributed by atoms with Gasteiger partial charge in [0, 0.05) is 19.5 Å². The van der Waals surface area contributed by atoms with E-state index in [1.807, 2.05) is 0 Å². The van der Waals surface area contributed by atoms with Crippen LogP contribution in [-0.2, 0) is 68.9 Å². The van der Waals surface area contributed by atoms with Crippen molar-refractivity contribution in [1.82, 2.24) is 4.44 Å². The first-order valence-corrected chi connectivity index (χ1v) is 33.2. The smallest absolute Gasteiger partial charge is 0.207 e. The van der Waals surface area contributed by atoms with E-state index in [1.54, 1.807) is 121 Å². The molecule has 5 aromatic rings. The van der Waals surface area contributed by atoms with Gasteiger partial charge >= 0.3 is 49.4 Å². The van der Waals surface area contributed by atoms with Crippen LogP contribution in [0, 0.1) is 5.82 Å². The number of hydrogen-bond donors (Lipinski definition) is 0. The molecular formula is C63H66BF25NP2Rh+. The van der Waals surface area contributed by atoms with E-state index in [-0.39, 0.29) is 41.4 Å². The van der Waals surface area contributed by atoms with Gasteiger partial charge in [0.2, 0.25) is 0 Å². The van der Waals surface area contributed by atoms with Crippen LogP contribution in [0.3, 0.4) is 0 Å². The maximum atomic E-state index is 14.2. The summed E-state index contributed by atoms with van der Waals surface area (Å²) < 4.78 is 356. The van der Waals surface area contributed by atoms with E-state index in [4.69, 9.17) is 0 Å². The van der Waals surface area contributed by atoms with Crippen molar-refractivity contribution in [1.29, 1.82) is 0 Å². The van der Waals surface area contributed by atoms with Gasteiger partial charge in [-0.15, -0.1) is 0 Å². The molecule has 0 N–H and O–H groups in total. The standard InChI is InChI=1S/C32H12BF24.C25H47NP2.C6H5F.Rh/c34-25(35,36)13-1-14(26(37,38)39)6-21(5-13)33(22-7-15(27(40,41)42)2-16(8-22)28(43,44)45,23-9-17(29(46,47)48)3-18(10-23)30(49,50)51)24-11-19(31(52,53)54)4-20(12-24)32(55,56)57;1-26(27(22-14-6-2-7-15-22)23-16-8-3-9-17-23)28(24-18-10-4-11-19-24)25-20-12-5-13-21-25;7-6-4-2-1-3-5-6;/h1-12H;22-25H,2-21H2,1H3;1-5H;/q-1;;;/p+2. The summed E-state index contributed by atoms with van der Waals surface area (Å²) in [5.41, 5.74) is -25.7. The number of hydrogen-bond acceptors (Lipinski definition) is 1. The van der Waals surface area contributed by atoms with Gasteiger partial charge in [-0.2, -0.15) is 127 Å². The molecule has 30 heteroatoms. The van der Waals surface area contributed by atoms with Crippen molar-refractivity contribution in [2.75, 3.05) is 7.05 Å². The van der Waals surface area contributed by atoms with Gasteiger partial charge in [-0.25, -0.2) is 4.39 Å². The van der Waals surface area contributed by atoms with Crippen LogP contribution in [0.25, 0.3) is 0 Å². The van der Waals surface area contributed by atoms with Crippen LogP contribution in [0.1, 0.15) is 173 Å². The Labute approximate surface area is 536 Å². The SMILES string of the molecule is CN([PH+](C1CCCCC1)C1CCCCC1)[PH+](C1CCCCC1)C1CCCCC1.FC(F)(F)c1cc([B-](c2cc(C(F)(F)F)cc(C(F)(F)F)c2)(c2cc(C(F)(F)F)cc(C(F)(F)F)c2)c2cc(C(F)(F)F)cc(C(F)(F)F)c2)cc(C(F)(F)F)c1.Fc1ccccc1.[Rh]. The van der Waals surface area contributed by atoms with Crippen LogP contribution in [0.2, 0.25) is 0 Å². The Morgan fingerprint density at radius 2 is 0.462 bits per heavy atom. The summed E-state index contributed by atoms with van der Waals surface area (Å²) >= 11 is 0. The molecule has 0 spiro atoms. The fraction of sp³-hybridized carbons (Fsp3) is 0.524. The van der Waals surface area contributed by atoms with Gasteiger partial charge in [0.1, 0.15) is 28.1 Å². The maximum Gasteiger partial charge on any atom is 0.416 e. The summed E-state index contributed by atoms with van der Waals surface area (Å²) in [7, 11) is 2.04. The van der Waals surface area contributed by atoms with Crippen molar-refractivity contribution in [2.24, 2.45) is 0 Å². The minimum Gasteiger partial charge on any atom is -0.207 e. The average Bonchev–Trinajstić information content (AvgIpc) is 0.711. The Bertz CT molecular complexity index is 2690. The van der Waals surface area contributed by atoms with Gasteiger partial charge in [-0.3, -0.25) is 0 Å². The van der Waals surface area contributed by atoms with Gasteiger partial charge < -0.3 is 0 Å². The van der Waals surface area contributed by atoms with Gasteiger partial charge in [-0.1, -0.05) is 96.9 Å². The van der Waals surface area contributed by atoms with Crippen molar-refractivity contribution in [2.45, 2.75) is 200 Å². The number of benzene rings is 5. The Balaban J connectivity index is 0.000000311. The minimum atomic E-state index is -6.13. The van der Waals surface area contributed by atoms with Crippen molar-refractivity contribution >= 4 is 44.1 Å². The molecule has 4 aliphatic rings. The molecule has 0 aromatic heterocycles. The molecule has 0 heterocycles. The first-order chi connectivity index (χ1) is 42.5. The molecule has 4 aliphatic carbocycles. The zero-order chi connectivity index (χ0) is 68.2. The Morgan fingerprint density at radius 3 is 0.602 bits per heavy atom. The summed E-state index contributed by atoms with van der Waals surface area (Å²) in [4.78, 5) is 0. The quantitative estimate of drug-likeness (QED) is 0.0765. The number of halogens is 25. The van der Waals surface area contributed by atoms with Crippen LogP contribution in [0.4, 0.5) is 110 Å². The van der Waals surface area contributed by atoms with Crippen LogP contribution in [-0.4, -0.2) is 40.3 Å². The Morgan fingerprint density at radius 1 is 0.290 bits per heavy atom. The van der Waals surface area contributed by atoms with E-state index in [0.29, 0.717) is 0 Å². The van der Waals surface area contributed by atoms with E-state index in [0.717, 1.165) is 22.6 Å². The van der Waals surface area contributed by atoms with Crippen LogP contribution < -0.4 is 21.9 Å². The van der Waals surface area contributed by atoms with Gasteiger partial charge in [0.15, 0.2) is 0 Å². The molecule has 4 saturated carbocycles. The second kappa shape index (κ2) is 30.7. The van der Waals surface area contributed by atoms with Gasteiger partial charge in [0.05, 0.1) is 74.2 Å².